The predicted molar refractivity (Wildman–Crippen MR) is 80.6 cm³/mol. The molecule has 3 heterocycles. The second-order valence-corrected chi connectivity index (χ2v) is 7.05. The van der Waals surface area contributed by atoms with Gasteiger partial charge in [0.05, 0.1) is 11.2 Å². The molecule has 2 saturated heterocycles. The van der Waals surface area contributed by atoms with Gasteiger partial charge in [-0.25, -0.2) is 4.98 Å². The minimum Gasteiger partial charge on any atom is -0.342 e. The van der Waals surface area contributed by atoms with Crippen LogP contribution in [0.4, 0.5) is 0 Å². The average molecular weight is 293 g/mol. The average Bonchev–Trinajstić information content (AvgIpc) is 2.77. The summed E-state index contributed by atoms with van der Waals surface area (Å²) in [5, 5.41) is 0. The third-order valence-corrected chi connectivity index (χ3v) is 5.77. The highest BCUT2D eigenvalue weighted by molar-refractivity contribution is 7.09. The van der Waals surface area contributed by atoms with E-state index in [9.17, 15) is 4.79 Å². The van der Waals surface area contributed by atoms with E-state index in [1.165, 1.54) is 17.0 Å². The molecule has 1 amide bonds. The summed E-state index contributed by atoms with van der Waals surface area (Å²) in [6, 6.07) is 0.462. The maximum atomic E-state index is 12.0. The van der Waals surface area contributed by atoms with Gasteiger partial charge in [-0.15, -0.1) is 11.3 Å². The lowest BCUT2D eigenvalue weighted by Gasteiger charge is -2.41. The topological polar surface area (TPSA) is 36.4 Å². The van der Waals surface area contributed by atoms with Gasteiger partial charge in [-0.2, -0.15) is 0 Å². The monoisotopic (exact) mass is 293 g/mol. The summed E-state index contributed by atoms with van der Waals surface area (Å²) in [6.07, 6.45) is 4.10. The number of thiazole rings is 1. The maximum Gasteiger partial charge on any atom is 0.222 e. The zero-order valence-electron chi connectivity index (χ0n) is 12.3. The number of hydrogen-bond acceptors (Lipinski definition) is 4. The molecule has 2 aliphatic rings. The largest absolute Gasteiger partial charge is 0.342 e. The van der Waals surface area contributed by atoms with Crippen molar-refractivity contribution < 1.29 is 4.79 Å². The van der Waals surface area contributed by atoms with Crippen molar-refractivity contribution in [3.8, 4) is 0 Å². The first-order valence-corrected chi connectivity index (χ1v) is 8.40. The molecule has 0 bridgehead atoms. The van der Waals surface area contributed by atoms with Gasteiger partial charge in [0.25, 0.3) is 0 Å². The van der Waals surface area contributed by atoms with Crippen LogP contribution in [0.25, 0.3) is 0 Å². The molecule has 0 radical (unpaired) electrons. The Morgan fingerprint density at radius 2 is 2.30 bits per heavy atom. The fourth-order valence-corrected chi connectivity index (χ4v) is 4.41. The summed E-state index contributed by atoms with van der Waals surface area (Å²) in [5.41, 5.74) is 3.11. The fraction of sp³-hybridized carbons (Fsp3) is 0.733. The summed E-state index contributed by atoms with van der Waals surface area (Å²) in [5.74, 6) is 0.984. The van der Waals surface area contributed by atoms with Gasteiger partial charge in [0, 0.05) is 44.0 Å². The van der Waals surface area contributed by atoms with Gasteiger partial charge in [0.15, 0.2) is 0 Å². The normalized spacial score (nSPS) is 28.3. The minimum atomic E-state index is 0.337. The second-order valence-electron chi connectivity index (χ2n) is 6.11. The number of carbonyl (C=O) groups is 1. The molecule has 0 unspecified atom stereocenters. The highest BCUT2D eigenvalue weighted by atomic mass is 32.1. The van der Waals surface area contributed by atoms with Crippen LogP contribution in [-0.2, 0) is 11.3 Å². The van der Waals surface area contributed by atoms with Crippen molar-refractivity contribution in [3.05, 3.63) is 16.1 Å². The zero-order valence-corrected chi connectivity index (χ0v) is 13.2. The van der Waals surface area contributed by atoms with Crippen LogP contribution in [0.3, 0.4) is 0 Å². The molecule has 0 N–H and O–H groups in total. The van der Waals surface area contributed by atoms with Gasteiger partial charge >= 0.3 is 0 Å². The van der Waals surface area contributed by atoms with Gasteiger partial charge < -0.3 is 4.90 Å². The van der Waals surface area contributed by atoms with Crippen LogP contribution >= 0.6 is 11.3 Å². The summed E-state index contributed by atoms with van der Waals surface area (Å²) >= 11 is 1.76. The Labute approximate surface area is 124 Å². The lowest BCUT2D eigenvalue weighted by molar-refractivity contribution is -0.132. The van der Waals surface area contributed by atoms with E-state index in [1.807, 2.05) is 17.5 Å². The zero-order chi connectivity index (χ0) is 14.1. The smallest absolute Gasteiger partial charge is 0.222 e. The van der Waals surface area contributed by atoms with Crippen molar-refractivity contribution in [2.24, 2.45) is 5.92 Å². The van der Waals surface area contributed by atoms with Crippen molar-refractivity contribution in [2.75, 3.05) is 20.1 Å². The number of carbonyl (C=O) groups excluding carboxylic acids is 1. The van der Waals surface area contributed by atoms with E-state index < -0.39 is 0 Å². The SMILES string of the molecule is Cc1ncsc1CN1CC[C@@H]2[C@H](CCCC(=O)N2C)C1. The highest BCUT2D eigenvalue weighted by Gasteiger charge is 2.35. The van der Waals surface area contributed by atoms with E-state index in [1.54, 1.807) is 11.3 Å². The Kier molecular flexibility index (Phi) is 4.08. The van der Waals surface area contributed by atoms with Gasteiger partial charge in [-0.1, -0.05) is 0 Å². The number of rotatable bonds is 2. The molecule has 2 fully saturated rings. The standard InChI is InChI=1S/C15H23N3OS/c1-11-14(20-10-16-11)9-18-7-6-13-12(8-18)4-3-5-15(19)17(13)2/h10,12-13H,3-9H2,1-2H3/t12-,13-/m1/s1. The Morgan fingerprint density at radius 3 is 3.05 bits per heavy atom. The summed E-state index contributed by atoms with van der Waals surface area (Å²) in [4.78, 5) is 22.3. The number of aromatic nitrogens is 1. The van der Waals surface area contributed by atoms with Crippen LogP contribution in [0.1, 0.15) is 36.3 Å². The fourth-order valence-electron chi connectivity index (χ4n) is 3.59. The summed E-state index contributed by atoms with van der Waals surface area (Å²) < 4.78 is 0. The molecule has 0 aromatic carbocycles. The molecule has 4 nitrogen and oxygen atoms in total. The summed E-state index contributed by atoms with van der Waals surface area (Å²) in [7, 11) is 1.99. The number of likely N-dealkylation sites (tertiary alicyclic amines) is 2. The Bertz CT molecular complexity index is 487. The molecule has 0 aliphatic carbocycles. The highest BCUT2D eigenvalue weighted by Crippen LogP contribution is 2.30. The third kappa shape index (κ3) is 2.74. The number of fused-ring (bicyclic) bond motifs is 1. The molecule has 0 spiro atoms. The summed E-state index contributed by atoms with van der Waals surface area (Å²) in [6.45, 7) is 5.34. The number of amides is 1. The van der Waals surface area contributed by atoms with Crippen LogP contribution in [0, 0.1) is 12.8 Å². The molecule has 20 heavy (non-hydrogen) atoms. The van der Waals surface area contributed by atoms with Crippen LogP contribution in [0.15, 0.2) is 5.51 Å². The molecule has 3 rings (SSSR count). The second kappa shape index (κ2) is 5.82. The Hall–Kier alpha value is -0.940. The lowest BCUT2D eigenvalue weighted by atomic mass is 9.88. The van der Waals surface area contributed by atoms with Crippen LogP contribution in [-0.4, -0.2) is 46.9 Å². The first-order chi connectivity index (χ1) is 9.65. The Balaban J connectivity index is 1.66. The van der Waals surface area contributed by atoms with Crippen LogP contribution in [0.5, 0.6) is 0 Å². The first-order valence-electron chi connectivity index (χ1n) is 7.52. The molecule has 0 saturated carbocycles. The number of aryl methyl sites for hydroxylation is 1. The van der Waals surface area contributed by atoms with Crippen molar-refractivity contribution in [3.63, 3.8) is 0 Å². The van der Waals surface area contributed by atoms with Crippen LogP contribution < -0.4 is 0 Å². The molecule has 5 heteroatoms. The molecular formula is C15H23N3OS. The van der Waals surface area contributed by atoms with E-state index in [-0.39, 0.29) is 0 Å². The van der Waals surface area contributed by atoms with Crippen molar-refractivity contribution in [1.82, 2.24) is 14.8 Å². The van der Waals surface area contributed by atoms with Crippen LogP contribution in [0.2, 0.25) is 0 Å². The van der Waals surface area contributed by atoms with Crippen molar-refractivity contribution >= 4 is 17.2 Å². The predicted octanol–water partition coefficient (Wildman–Crippen LogP) is 2.28. The van der Waals surface area contributed by atoms with Gasteiger partial charge in [-0.3, -0.25) is 9.69 Å². The molecule has 2 atom stereocenters. The number of hydrogen-bond donors (Lipinski definition) is 0. The number of piperidine rings is 1. The maximum absolute atomic E-state index is 12.0. The molecule has 110 valence electrons. The van der Waals surface area contributed by atoms with E-state index in [0.717, 1.165) is 38.9 Å². The molecule has 2 aliphatic heterocycles. The molecular weight excluding hydrogens is 270 g/mol. The lowest BCUT2D eigenvalue weighted by Crippen LogP contribution is -2.50. The Morgan fingerprint density at radius 1 is 1.45 bits per heavy atom. The van der Waals surface area contributed by atoms with Gasteiger partial charge in [0.2, 0.25) is 5.91 Å². The van der Waals surface area contributed by atoms with Crippen molar-refractivity contribution in [2.45, 2.75) is 45.2 Å². The minimum absolute atomic E-state index is 0.337. The van der Waals surface area contributed by atoms with Gasteiger partial charge in [0.1, 0.15) is 0 Å². The molecule has 1 aromatic rings. The van der Waals surface area contributed by atoms with E-state index in [0.29, 0.717) is 17.9 Å². The van der Waals surface area contributed by atoms with Gasteiger partial charge in [-0.05, 0) is 32.1 Å². The first kappa shape index (κ1) is 14.0. The van der Waals surface area contributed by atoms with Crippen molar-refractivity contribution in [1.29, 1.82) is 0 Å². The van der Waals surface area contributed by atoms with E-state index in [2.05, 4.69) is 16.8 Å². The third-order valence-electron chi connectivity index (χ3n) is 4.85. The van der Waals surface area contributed by atoms with E-state index >= 15 is 0 Å². The quantitative estimate of drug-likeness (QED) is 0.839. The molecule has 1 aromatic heterocycles. The number of nitrogens with zero attached hydrogens (tertiary/aromatic N) is 3. The van der Waals surface area contributed by atoms with E-state index in [4.69, 9.17) is 0 Å².